The third-order valence-corrected chi connectivity index (χ3v) is 3.38. The Kier molecular flexibility index (Phi) is 1.72. The smallest absolute Gasteiger partial charge is 0.225 e. The van der Waals surface area contributed by atoms with Crippen LogP contribution in [-0.2, 0) is 12.8 Å². The lowest BCUT2D eigenvalue weighted by molar-refractivity contribution is 0.470. The third-order valence-electron chi connectivity index (χ3n) is 3.38. The highest BCUT2D eigenvalue weighted by molar-refractivity contribution is 5.38. The highest BCUT2D eigenvalue weighted by Gasteiger charge is 2.26. The van der Waals surface area contributed by atoms with Crippen molar-refractivity contribution in [3.63, 3.8) is 0 Å². The van der Waals surface area contributed by atoms with Gasteiger partial charge in [0, 0.05) is 24.5 Å². The van der Waals surface area contributed by atoms with Gasteiger partial charge in [0.25, 0.3) is 0 Å². The predicted octanol–water partition coefficient (Wildman–Crippen LogP) is 1.56. The Morgan fingerprint density at radius 3 is 3.07 bits per heavy atom. The number of aryl methyl sites for hydroxylation is 2. The van der Waals surface area contributed by atoms with E-state index in [1.807, 2.05) is 6.20 Å². The molecule has 3 rings (SSSR count). The monoisotopic (exact) mass is 189 g/mol. The van der Waals surface area contributed by atoms with Crippen LogP contribution in [-0.4, -0.2) is 22.6 Å². The fourth-order valence-electron chi connectivity index (χ4n) is 2.26. The summed E-state index contributed by atoms with van der Waals surface area (Å²) in [6.45, 7) is 3.36. The molecular weight excluding hydrogens is 174 g/mol. The van der Waals surface area contributed by atoms with E-state index in [0.717, 1.165) is 18.9 Å². The summed E-state index contributed by atoms with van der Waals surface area (Å²) in [6.07, 6.45) is 6.87. The van der Waals surface area contributed by atoms with E-state index in [1.54, 1.807) is 0 Å². The molecule has 0 amide bonds. The molecule has 1 fully saturated rings. The van der Waals surface area contributed by atoms with Crippen molar-refractivity contribution in [2.24, 2.45) is 0 Å². The lowest BCUT2D eigenvalue weighted by Crippen LogP contribution is -2.46. The Morgan fingerprint density at radius 2 is 2.36 bits per heavy atom. The molecule has 3 nitrogen and oxygen atoms in total. The molecule has 0 spiro atoms. The summed E-state index contributed by atoms with van der Waals surface area (Å²) in [5.74, 6) is 0.949. The molecule has 14 heavy (non-hydrogen) atoms. The van der Waals surface area contributed by atoms with Crippen LogP contribution in [0.4, 0.5) is 5.95 Å². The van der Waals surface area contributed by atoms with Gasteiger partial charge in [-0.2, -0.15) is 0 Å². The summed E-state index contributed by atoms with van der Waals surface area (Å²) in [6, 6.07) is 0.634. The average molecular weight is 189 g/mol. The van der Waals surface area contributed by atoms with Crippen LogP contribution in [0.3, 0.4) is 0 Å². The van der Waals surface area contributed by atoms with E-state index in [0.29, 0.717) is 6.04 Å². The molecule has 3 heteroatoms. The maximum Gasteiger partial charge on any atom is 0.225 e. The molecule has 1 aromatic heterocycles. The number of nitrogens with zero attached hydrogens (tertiary/aromatic N) is 3. The molecule has 1 aliphatic heterocycles. The standard InChI is InChI=1S/C11H15N3/c1-8-5-6-14(8)11-12-7-9-3-2-4-10(9)13-11/h7-8H,2-6H2,1H3. The molecule has 0 bridgehead atoms. The highest BCUT2D eigenvalue weighted by atomic mass is 15.3. The first-order valence-electron chi connectivity index (χ1n) is 5.46. The Balaban J connectivity index is 1.92. The Bertz CT molecular complexity index is 362. The Morgan fingerprint density at radius 1 is 1.43 bits per heavy atom. The third kappa shape index (κ3) is 1.11. The lowest BCUT2D eigenvalue weighted by atomic mass is 10.1. The molecule has 1 unspecified atom stereocenters. The number of hydrogen-bond donors (Lipinski definition) is 0. The first-order valence-corrected chi connectivity index (χ1v) is 5.46. The van der Waals surface area contributed by atoms with Crippen LogP contribution in [0.2, 0.25) is 0 Å². The lowest BCUT2D eigenvalue weighted by Gasteiger charge is -2.38. The van der Waals surface area contributed by atoms with E-state index in [1.165, 1.54) is 30.5 Å². The van der Waals surface area contributed by atoms with Gasteiger partial charge in [0.05, 0.1) is 0 Å². The fourth-order valence-corrected chi connectivity index (χ4v) is 2.26. The molecule has 2 heterocycles. The number of hydrogen-bond acceptors (Lipinski definition) is 3. The molecule has 1 aliphatic carbocycles. The van der Waals surface area contributed by atoms with Gasteiger partial charge in [-0.15, -0.1) is 0 Å². The number of fused-ring (bicyclic) bond motifs is 1. The van der Waals surface area contributed by atoms with Gasteiger partial charge in [-0.25, -0.2) is 9.97 Å². The van der Waals surface area contributed by atoms with Crippen molar-refractivity contribution in [2.45, 2.75) is 38.6 Å². The fraction of sp³-hybridized carbons (Fsp3) is 0.636. The number of aromatic nitrogens is 2. The van der Waals surface area contributed by atoms with Gasteiger partial charge < -0.3 is 4.90 Å². The van der Waals surface area contributed by atoms with Gasteiger partial charge in [0.2, 0.25) is 5.95 Å². The zero-order valence-electron chi connectivity index (χ0n) is 8.53. The summed E-state index contributed by atoms with van der Waals surface area (Å²) >= 11 is 0. The highest BCUT2D eigenvalue weighted by Crippen LogP contribution is 2.26. The molecule has 0 aromatic carbocycles. The van der Waals surface area contributed by atoms with Crippen molar-refractivity contribution in [3.8, 4) is 0 Å². The minimum atomic E-state index is 0.634. The van der Waals surface area contributed by atoms with Crippen LogP contribution < -0.4 is 4.90 Å². The summed E-state index contributed by atoms with van der Waals surface area (Å²) in [5.41, 5.74) is 2.65. The average Bonchev–Trinajstić information content (AvgIpc) is 2.62. The van der Waals surface area contributed by atoms with Crippen molar-refractivity contribution in [1.29, 1.82) is 0 Å². The van der Waals surface area contributed by atoms with Gasteiger partial charge in [-0.3, -0.25) is 0 Å². The van der Waals surface area contributed by atoms with Crippen LogP contribution in [0, 0.1) is 0 Å². The molecule has 0 saturated carbocycles. The molecule has 1 atom stereocenters. The second-order valence-electron chi connectivity index (χ2n) is 4.33. The largest absolute Gasteiger partial charge is 0.338 e. The van der Waals surface area contributed by atoms with Gasteiger partial charge in [-0.1, -0.05) is 0 Å². The molecular formula is C11H15N3. The van der Waals surface area contributed by atoms with Crippen molar-refractivity contribution in [3.05, 3.63) is 17.5 Å². The second-order valence-corrected chi connectivity index (χ2v) is 4.33. The van der Waals surface area contributed by atoms with E-state index in [9.17, 15) is 0 Å². The molecule has 0 radical (unpaired) electrons. The molecule has 2 aliphatic rings. The van der Waals surface area contributed by atoms with Crippen LogP contribution in [0.1, 0.15) is 31.0 Å². The minimum Gasteiger partial charge on any atom is -0.338 e. The normalized spacial score (nSPS) is 24.6. The molecule has 74 valence electrons. The van der Waals surface area contributed by atoms with E-state index in [-0.39, 0.29) is 0 Å². The van der Waals surface area contributed by atoms with Crippen molar-refractivity contribution in [2.75, 3.05) is 11.4 Å². The van der Waals surface area contributed by atoms with Crippen molar-refractivity contribution in [1.82, 2.24) is 9.97 Å². The molecule has 0 N–H and O–H groups in total. The first-order chi connectivity index (χ1) is 6.84. The van der Waals surface area contributed by atoms with Gasteiger partial charge >= 0.3 is 0 Å². The zero-order valence-corrected chi connectivity index (χ0v) is 8.53. The quantitative estimate of drug-likeness (QED) is 0.671. The van der Waals surface area contributed by atoms with E-state index in [2.05, 4.69) is 21.8 Å². The second kappa shape index (κ2) is 2.94. The SMILES string of the molecule is CC1CCN1c1ncc2c(n1)CCC2. The summed E-state index contributed by atoms with van der Waals surface area (Å²) in [7, 11) is 0. The van der Waals surface area contributed by atoms with Gasteiger partial charge in [0.1, 0.15) is 0 Å². The van der Waals surface area contributed by atoms with Gasteiger partial charge in [-0.05, 0) is 38.2 Å². The molecule has 1 saturated heterocycles. The minimum absolute atomic E-state index is 0.634. The maximum atomic E-state index is 4.64. The maximum absolute atomic E-state index is 4.64. The van der Waals surface area contributed by atoms with Crippen LogP contribution >= 0.6 is 0 Å². The Labute approximate surface area is 84.2 Å². The first kappa shape index (κ1) is 8.21. The summed E-state index contributed by atoms with van der Waals surface area (Å²) in [5, 5.41) is 0. The predicted molar refractivity (Wildman–Crippen MR) is 55.5 cm³/mol. The van der Waals surface area contributed by atoms with Crippen LogP contribution in [0.15, 0.2) is 6.20 Å². The van der Waals surface area contributed by atoms with Gasteiger partial charge in [0.15, 0.2) is 0 Å². The summed E-state index contributed by atoms with van der Waals surface area (Å²) < 4.78 is 0. The topological polar surface area (TPSA) is 29.0 Å². The van der Waals surface area contributed by atoms with Crippen molar-refractivity contribution >= 4 is 5.95 Å². The Hall–Kier alpha value is -1.12. The van der Waals surface area contributed by atoms with E-state index in [4.69, 9.17) is 0 Å². The van der Waals surface area contributed by atoms with Crippen LogP contribution in [0.25, 0.3) is 0 Å². The van der Waals surface area contributed by atoms with E-state index < -0.39 is 0 Å². The van der Waals surface area contributed by atoms with Crippen LogP contribution in [0.5, 0.6) is 0 Å². The number of rotatable bonds is 1. The zero-order chi connectivity index (χ0) is 9.54. The molecule has 1 aromatic rings. The summed E-state index contributed by atoms with van der Waals surface area (Å²) in [4.78, 5) is 11.4. The van der Waals surface area contributed by atoms with Crippen molar-refractivity contribution < 1.29 is 0 Å². The number of anilines is 1. The van der Waals surface area contributed by atoms with E-state index >= 15 is 0 Å².